The van der Waals surface area contributed by atoms with Crippen molar-refractivity contribution >= 4 is 17.9 Å². The Morgan fingerprint density at radius 3 is 0.800 bits per heavy atom. The van der Waals surface area contributed by atoms with E-state index in [1.807, 2.05) is 0 Å². The summed E-state index contributed by atoms with van der Waals surface area (Å²) in [7, 11) is 0. The largest absolute Gasteiger partial charge is 0.462 e. The van der Waals surface area contributed by atoms with E-state index in [-0.39, 0.29) is 37.5 Å². The van der Waals surface area contributed by atoms with Crippen LogP contribution in [-0.2, 0) is 28.6 Å². The third-order valence-electron chi connectivity index (χ3n) is 13.9. The van der Waals surface area contributed by atoms with Gasteiger partial charge in [-0.05, 0) is 135 Å². The summed E-state index contributed by atoms with van der Waals surface area (Å²) in [5, 5.41) is 0. The Labute approximate surface area is 494 Å². The molecule has 0 N–H and O–H groups in total. The molecular formula is C74H122O6. The maximum Gasteiger partial charge on any atom is 0.306 e. The fraction of sp³-hybridized carbons (Fsp3) is 0.662. The lowest BCUT2D eigenvalue weighted by Gasteiger charge is -2.18. The molecule has 0 bridgehead atoms. The Hall–Kier alpha value is -4.45. The van der Waals surface area contributed by atoms with E-state index in [4.69, 9.17) is 14.2 Å². The summed E-state index contributed by atoms with van der Waals surface area (Å²) < 4.78 is 16.9. The molecule has 0 fully saturated rings. The average Bonchev–Trinajstić information content (AvgIpc) is 3.46. The molecule has 80 heavy (non-hydrogen) atoms. The molecular weight excluding hydrogens is 985 g/mol. The number of unbranched alkanes of at least 4 members (excludes halogenated alkanes) is 26. The molecule has 454 valence electrons. The minimum atomic E-state index is -0.811. The predicted molar refractivity (Wildman–Crippen MR) is 348 cm³/mol. The van der Waals surface area contributed by atoms with E-state index in [2.05, 4.69) is 154 Å². The summed E-state index contributed by atoms with van der Waals surface area (Å²) in [5.41, 5.74) is 0. The van der Waals surface area contributed by atoms with Crippen LogP contribution >= 0.6 is 0 Å². The maximum absolute atomic E-state index is 12.9. The predicted octanol–water partition coefficient (Wildman–Crippen LogP) is 22.9. The van der Waals surface area contributed by atoms with E-state index in [0.717, 1.165) is 128 Å². The normalized spacial score (nSPS) is 13.0. The highest BCUT2D eigenvalue weighted by Gasteiger charge is 2.19. The van der Waals surface area contributed by atoms with Crippen LogP contribution in [0.15, 0.2) is 134 Å². The number of carbonyl (C=O) groups is 3. The van der Waals surface area contributed by atoms with Gasteiger partial charge in [0.1, 0.15) is 13.2 Å². The van der Waals surface area contributed by atoms with Crippen molar-refractivity contribution in [2.45, 2.75) is 303 Å². The van der Waals surface area contributed by atoms with Gasteiger partial charge >= 0.3 is 17.9 Å². The van der Waals surface area contributed by atoms with Gasteiger partial charge in [0.05, 0.1) is 0 Å². The van der Waals surface area contributed by atoms with Gasteiger partial charge in [-0.2, -0.15) is 0 Å². The van der Waals surface area contributed by atoms with Crippen LogP contribution in [0.3, 0.4) is 0 Å². The molecule has 0 aromatic rings. The van der Waals surface area contributed by atoms with Crippen LogP contribution in [0, 0.1) is 0 Å². The molecule has 0 spiro atoms. The first-order chi connectivity index (χ1) is 39.5. The van der Waals surface area contributed by atoms with Crippen LogP contribution < -0.4 is 0 Å². The molecule has 0 radical (unpaired) electrons. The van der Waals surface area contributed by atoms with Crippen LogP contribution in [0.2, 0.25) is 0 Å². The minimum absolute atomic E-state index is 0.102. The number of ether oxygens (including phenoxy) is 3. The molecule has 6 nitrogen and oxygen atoms in total. The number of hydrogen-bond donors (Lipinski definition) is 0. The summed E-state index contributed by atoms with van der Waals surface area (Å²) in [6, 6.07) is 0. The minimum Gasteiger partial charge on any atom is -0.462 e. The molecule has 0 amide bonds. The number of esters is 3. The van der Waals surface area contributed by atoms with E-state index < -0.39 is 6.10 Å². The summed E-state index contributed by atoms with van der Waals surface area (Å²) in [6.45, 7) is 6.39. The third kappa shape index (κ3) is 64.4. The molecule has 0 rings (SSSR count). The van der Waals surface area contributed by atoms with E-state index >= 15 is 0 Å². The van der Waals surface area contributed by atoms with E-state index in [1.54, 1.807) is 0 Å². The topological polar surface area (TPSA) is 78.9 Å². The number of hydrogen-bond acceptors (Lipinski definition) is 6. The summed E-state index contributed by atoms with van der Waals surface area (Å²) in [4.78, 5) is 38.4. The molecule has 1 atom stereocenters. The van der Waals surface area contributed by atoms with Gasteiger partial charge < -0.3 is 14.2 Å². The second-order valence-corrected chi connectivity index (χ2v) is 21.6. The van der Waals surface area contributed by atoms with Crippen molar-refractivity contribution in [3.8, 4) is 0 Å². The highest BCUT2D eigenvalue weighted by molar-refractivity contribution is 5.71. The van der Waals surface area contributed by atoms with Crippen molar-refractivity contribution in [2.75, 3.05) is 13.2 Å². The fourth-order valence-electron chi connectivity index (χ4n) is 8.96. The Morgan fingerprint density at radius 1 is 0.263 bits per heavy atom. The van der Waals surface area contributed by atoms with E-state index in [9.17, 15) is 14.4 Å². The van der Waals surface area contributed by atoms with Crippen molar-refractivity contribution in [2.24, 2.45) is 0 Å². The fourth-order valence-corrected chi connectivity index (χ4v) is 8.96. The smallest absolute Gasteiger partial charge is 0.306 e. The molecule has 0 heterocycles. The average molecular weight is 1110 g/mol. The quantitative estimate of drug-likeness (QED) is 0.0261. The van der Waals surface area contributed by atoms with Crippen molar-refractivity contribution in [1.82, 2.24) is 0 Å². The zero-order valence-corrected chi connectivity index (χ0v) is 52.0. The summed E-state index contributed by atoms with van der Waals surface area (Å²) in [5.74, 6) is -0.951. The first kappa shape index (κ1) is 75.5. The second-order valence-electron chi connectivity index (χ2n) is 21.6. The van der Waals surface area contributed by atoms with Crippen molar-refractivity contribution in [1.29, 1.82) is 0 Å². The highest BCUT2D eigenvalue weighted by Crippen LogP contribution is 2.16. The van der Waals surface area contributed by atoms with E-state index in [1.165, 1.54) is 122 Å². The summed E-state index contributed by atoms with van der Waals surface area (Å²) >= 11 is 0. The number of allylic oxidation sites excluding steroid dienone is 22. The van der Waals surface area contributed by atoms with E-state index in [0.29, 0.717) is 19.3 Å². The standard InChI is InChI=1S/C74H122O6/c1-4-7-10-13-16-19-22-25-28-31-33-35-36-37-38-40-41-43-46-49-52-55-58-61-64-67-73(76)79-70-71(69-78-72(75)66-63-60-57-54-51-48-45-30-27-24-21-18-15-12-9-6-3)80-74(77)68-65-62-59-56-53-50-47-44-42-39-34-32-29-26-23-20-17-14-11-8-5-2/h7-8,10-11,16-17,19-20,25-26,28-30,33-35,39,44-45,47,53,56,71H,4-6,9,12-15,18,21-24,27,31-32,36-38,40-43,46,48-52,54-55,57-70H2,1-3H3/b10-7-,11-8-,19-16-,20-17-,28-25-,29-26-,35-33-,39-34-,45-30-,47-44-,56-53-. The van der Waals surface area contributed by atoms with Gasteiger partial charge in [-0.15, -0.1) is 0 Å². The lowest BCUT2D eigenvalue weighted by atomic mass is 10.0. The first-order valence-corrected chi connectivity index (χ1v) is 33.2. The van der Waals surface area contributed by atoms with Gasteiger partial charge in [0.25, 0.3) is 0 Å². The van der Waals surface area contributed by atoms with Crippen molar-refractivity contribution < 1.29 is 28.6 Å². The molecule has 0 saturated carbocycles. The van der Waals surface area contributed by atoms with Gasteiger partial charge in [-0.3, -0.25) is 14.4 Å². The number of carbonyl (C=O) groups excluding carboxylic acids is 3. The van der Waals surface area contributed by atoms with Crippen LogP contribution in [0.1, 0.15) is 297 Å². The maximum atomic E-state index is 12.9. The molecule has 0 saturated heterocycles. The molecule has 0 aliphatic carbocycles. The van der Waals surface area contributed by atoms with Crippen molar-refractivity contribution in [3.05, 3.63) is 134 Å². The van der Waals surface area contributed by atoms with Gasteiger partial charge in [-0.1, -0.05) is 276 Å². The molecule has 0 aliphatic heterocycles. The monoisotopic (exact) mass is 1110 g/mol. The van der Waals surface area contributed by atoms with Gasteiger partial charge in [-0.25, -0.2) is 0 Å². The van der Waals surface area contributed by atoms with Crippen LogP contribution in [0.4, 0.5) is 0 Å². The Bertz CT molecular complexity index is 1700. The SMILES string of the molecule is CC/C=C\C/C=C\C/C=C\C/C=C\C/C=C\C/C=C\CCCCC(=O)OC(COC(=O)CCCCCCC/C=C\CCCCCCCCC)COC(=O)CCCCCCCCCCCCCC/C=C\C/C=C\C/C=C\C/C=C\CC. The van der Waals surface area contributed by atoms with Gasteiger partial charge in [0.15, 0.2) is 6.10 Å². The molecule has 0 aromatic heterocycles. The highest BCUT2D eigenvalue weighted by atomic mass is 16.6. The Kier molecular flexibility index (Phi) is 63.3. The third-order valence-corrected chi connectivity index (χ3v) is 13.9. The van der Waals surface area contributed by atoms with Crippen LogP contribution in [-0.4, -0.2) is 37.2 Å². The molecule has 0 aromatic carbocycles. The van der Waals surface area contributed by atoms with Crippen LogP contribution in [0.5, 0.6) is 0 Å². The van der Waals surface area contributed by atoms with Gasteiger partial charge in [0.2, 0.25) is 0 Å². The second kappa shape index (κ2) is 67.1. The number of rotatable bonds is 59. The molecule has 6 heteroatoms. The zero-order chi connectivity index (χ0) is 57.8. The summed E-state index contributed by atoms with van der Waals surface area (Å²) in [6.07, 6.45) is 94.6. The lowest BCUT2D eigenvalue weighted by Crippen LogP contribution is -2.30. The molecule has 0 aliphatic rings. The van der Waals surface area contributed by atoms with Crippen molar-refractivity contribution in [3.63, 3.8) is 0 Å². The Morgan fingerprint density at radius 2 is 0.487 bits per heavy atom. The Balaban J connectivity index is 4.45. The van der Waals surface area contributed by atoms with Gasteiger partial charge in [0, 0.05) is 19.3 Å². The lowest BCUT2D eigenvalue weighted by molar-refractivity contribution is -0.167. The molecule has 1 unspecified atom stereocenters. The van der Waals surface area contributed by atoms with Crippen LogP contribution in [0.25, 0.3) is 0 Å². The first-order valence-electron chi connectivity index (χ1n) is 33.2. The zero-order valence-electron chi connectivity index (χ0n) is 52.0.